The summed E-state index contributed by atoms with van der Waals surface area (Å²) in [7, 11) is 0. The molecule has 2 fully saturated rings. The van der Waals surface area contributed by atoms with Crippen LogP contribution >= 0.6 is 0 Å². The van der Waals surface area contributed by atoms with Crippen molar-refractivity contribution in [1.82, 2.24) is 10.2 Å². The predicted octanol–water partition coefficient (Wildman–Crippen LogP) is 1.29. The van der Waals surface area contributed by atoms with Crippen molar-refractivity contribution in [3.63, 3.8) is 0 Å². The summed E-state index contributed by atoms with van der Waals surface area (Å²) < 4.78 is 10.6. The number of amides is 1. The molecule has 6 nitrogen and oxygen atoms in total. The molecule has 114 valence electrons. The molecule has 0 spiro atoms. The van der Waals surface area contributed by atoms with E-state index in [4.69, 9.17) is 9.47 Å². The van der Waals surface area contributed by atoms with Gasteiger partial charge in [0.2, 0.25) is 0 Å². The Kier molecular flexibility index (Phi) is 3.95. The van der Waals surface area contributed by atoms with Gasteiger partial charge in [-0.05, 0) is 47.1 Å². The lowest BCUT2D eigenvalue weighted by molar-refractivity contribution is -0.155. The van der Waals surface area contributed by atoms with Gasteiger partial charge in [-0.15, -0.1) is 0 Å². The van der Waals surface area contributed by atoms with Crippen molar-refractivity contribution in [2.45, 2.75) is 57.7 Å². The van der Waals surface area contributed by atoms with Crippen LogP contribution in [-0.2, 0) is 14.3 Å². The molecule has 2 heterocycles. The van der Waals surface area contributed by atoms with Crippen LogP contribution in [0.15, 0.2) is 0 Å². The molecule has 2 saturated heterocycles. The summed E-state index contributed by atoms with van der Waals surface area (Å²) in [6.45, 7) is 8.79. The molecule has 1 amide bonds. The van der Waals surface area contributed by atoms with Gasteiger partial charge < -0.3 is 14.8 Å². The minimum absolute atomic E-state index is 0.0333. The van der Waals surface area contributed by atoms with E-state index in [0.29, 0.717) is 26.1 Å². The summed E-state index contributed by atoms with van der Waals surface area (Å²) in [6.07, 6.45) is 0.894. The van der Waals surface area contributed by atoms with E-state index in [1.165, 1.54) is 0 Å². The lowest BCUT2D eigenvalue weighted by Gasteiger charge is -2.36. The lowest BCUT2D eigenvalue weighted by atomic mass is 9.91. The Morgan fingerprint density at radius 1 is 1.40 bits per heavy atom. The van der Waals surface area contributed by atoms with Crippen LogP contribution in [0, 0.1) is 0 Å². The van der Waals surface area contributed by atoms with Crippen LogP contribution in [-0.4, -0.2) is 53.8 Å². The standard InChI is InChI=1S/C14H24N2O4/c1-5-19-11(17)14-7-8-15-10(14)6-9-16(14)12(18)20-13(2,3)4/h10,15H,5-9H2,1-4H3/t10-,14-/m0/s1. The number of rotatable bonds is 2. The van der Waals surface area contributed by atoms with Crippen LogP contribution in [0.25, 0.3) is 0 Å². The molecular weight excluding hydrogens is 260 g/mol. The van der Waals surface area contributed by atoms with Gasteiger partial charge in [0, 0.05) is 12.6 Å². The zero-order chi connectivity index (χ0) is 15.0. The number of carbonyl (C=O) groups excluding carboxylic acids is 2. The number of carbonyl (C=O) groups is 2. The van der Waals surface area contributed by atoms with Crippen LogP contribution in [0.3, 0.4) is 0 Å². The number of hydrogen-bond acceptors (Lipinski definition) is 5. The van der Waals surface area contributed by atoms with E-state index >= 15 is 0 Å². The van der Waals surface area contributed by atoms with E-state index in [9.17, 15) is 9.59 Å². The number of hydrogen-bond donors (Lipinski definition) is 1. The molecule has 2 atom stereocenters. The van der Waals surface area contributed by atoms with E-state index in [1.807, 2.05) is 20.8 Å². The fraction of sp³-hybridized carbons (Fsp3) is 0.857. The van der Waals surface area contributed by atoms with Crippen LogP contribution in [0.4, 0.5) is 4.79 Å². The van der Waals surface area contributed by atoms with Crippen LogP contribution < -0.4 is 5.32 Å². The zero-order valence-electron chi connectivity index (χ0n) is 12.7. The van der Waals surface area contributed by atoms with E-state index in [-0.39, 0.29) is 12.0 Å². The highest BCUT2D eigenvalue weighted by Gasteiger charge is 2.60. The first-order chi connectivity index (χ1) is 9.31. The topological polar surface area (TPSA) is 67.9 Å². The Hall–Kier alpha value is -1.30. The van der Waals surface area contributed by atoms with Gasteiger partial charge >= 0.3 is 12.1 Å². The van der Waals surface area contributed by atoms with Crippen molar-refractivity contribution in [3.8, 4) is 0 Å². The van der Waals surface area contributed by atoms with Gasteiger partial charge in [0.1, 0.15) is 5.60 Å². The Bertz CT molecular complexity index is 404. The van der Waals surface area contributed by atoms with Gasteiger partial charge in [0.25, 0.3) is 0 Å². The van der Waals surface area contributed by atoms with Gasteiger partial charge in [-0.3, -0.25) is 4.90 Å². The van der Waals surface area contributed by atoms with Gasteiger partial charge in [0.15, 0.2) is 5.54 Å². The second-order valence-electron chi connectivity index (χ2n) is 6.32. The molecule has 2 aliphatic heterocycles. The fourth-order valence-corrected chi connectivity index (χ4v) is 3.08. The van der Waals surface area contributed by atoms with Crippen LogP contribution in [0.2, 0.25) is 0 Å². The monoisotopic (exact) mass is 284 g/mol. The predicted molar refractivity (Wildman–Crippen MR) is 73.3 cm³/mol. The van der Waals surface area contributed by atoms with Crippen LogP contribution in [0.1, 0.15) is 40.5 Å². The maximum atomic E-state index is 12.4. The highest BCUT2D eigenvalue weighted by molar-refractivity contribution is 5.88. The van der Waals surface area contributed by atoms with Gasteiger partial charge in [-0.2, -0.15) is 0 Å². The summed E-state index contributed by atoms with van der Waals surface area (Å²) in [5, 5.41) is 3.30. The molecule has 6 heteroatoms. The highest BCUT2D eigenvalue weighted by Crippen LogP contribution is 2.38. The third-order valence-electron chi connectivity index (χ3n) is 3.84. The molecular formula is C14H24N2O4. The minimum atomic E-state index is -0.891. The van der Waals surface area contributed by atoms with Gasteiger partial charge in [-0.1, -0.05) is 0 Å². The average Bonchev–Trinajstić information content (AvgIpc) is 2.84. The summed E-state index contributed by atoms with van der Waals surface area (Å²) in [5.74, 6) is -0.321. The second-order valence-corrected chi connectivity index (χ2v) is 6.32. The minimum Gasteiger partial charge on any atom is -0.464 e. The number of nitrogens with zero attached hydrogens (tertiary/aromatic N) is 1. The Balaban J connectivity index is 2.23. The number of ether oxygens (including phenoxy) is 2. The first-order valence-corrected chi connectivity index (χ1v) is 7.22. The number of likely N-dealkylation sites (tertiary alicyclic amines) is 1. The summed E-state index contributed by atoms with van der Waals surface area (Å²) in [6, 6.07) is -0.0333. The molecule has 0 bridgehead atoms. The number of esters is 1. The first kappa shape index (κ1) is 15.1. The smallest absolute Gasteiger partial charge is 0.411 e. The molecule has 20 heavy (non-hydrogen) atoms. The quantitative estimate of drug-likeness (QED) is 0.774. The number of nitrogens with one attached hydrogen (secondary N) is 1. The van der Waals surface area contributed by atoms with Crippen molar-refractivity contribution in [1.29, 1.82) is 0 Å². The third kappa shape index (κ3) is 2.49. The maximum Gasteiger partial charge on any atom is 0.411 e. The van der Waals surface area contributed by atoms with Crippen molar-refractivity contribution < 1.29 is 19.1 Å². The third-order valence-corrected chi connectivity index (χ3v) is 3.84. The Morgan fingerprint density at radius 2 is 2.10 bits per heavy atom. The second kappa shape index (κ2) is 5.24. The molecule has 0 aliphatic carbocycles. The molecule has 0 unspecified atom stereocenters. The summed E-state index contributed by atoms with van der Waals surface area (Å²) >= 11 is 0. The van der Waals surface area contributed by atoms with E-state index in [0.717, 1.165) is 6.42 Å². The zero-order valence-corrected chi connectivity index (χ0v) is 12.7. The summed E-state index contributed by atoms with van der Waals surface area (Å²) in [5.41, 5.74) is -1.46. The maximum absolute atomic E-state index is 12.4. The number of fused-ring (bicyclic) bond motifs is 1. The highest BCUT2D eigenvalue weighted by atomic mass is 16.6. The molecule has 0 radical (unpaired) electrons. The van der Waals surface area contributed by atoms with E-state index < -0.39 is 17.2 Å². The van der Waals surface area contributed by atoms with Crippen molar-refractivity contribution >= 4 is 12.1 Å². The van der Waals surface area contributed by atoms with Gasteiger partial charge in [-0.25, -0.2) is 9.59 Å². The Labute approximate surface area is 119 Å². The first-order valence-electron chi connectivity index (χ1n) is 7.22. The van der Waals surface area contributed by atoms with Gasteiger partial charge in [0.05, 0.1) is 6.61 Å². The van der Waals surface area contributed by atoms with E-state index in [2.05, 4.69) is 5.32 Å². The average molecular weight is 284 g/mol. The van der Waals surface area contributed by atoms with Crippen molar-refractivity contribution in [3.05, 3.63) is 0 Å². The normalized spacial score (nSPS) is 29.2. The summed E-state index contributed by atoms with van der Waals surface area (Å²) in [4.78, 5) is 26.4. The van der Waals surface area contributed by atoms with Crippen molar-refractivity contribution in [2.75, 3.05) is 19.7 Å². The van der Waals surface area contributed by atoms with Crippen molar-refractivity contribution in [2.24, 2.45) is 0 Å². The molecule has 0 aromatic carbocycles. The lowest BCUT2D eigenvalue weighted by Crippen LogP contribution is -2.58. The molecule has 2 aliphatic rings. The molecule has 1 N–H and O–H groups in total. The SMILES string of the molecule is CCOC(=O)[C@]12CCN[C@H]1CCN2C(=O)OC(C)(C)C. The molecule has 0 aromatic rings. The van der Waals surface area contributed by atoms with Crippen LogP contribution in [0.5, 0.6) is 0 Å². The molecule has 0 aromatic heterocycles. The van der Waals surface area contributed by atoms with E-state index in [1.54, 1.807) is 11.8 Å². The Morgan fingerprint density at radius 3 is 2.70 bits per heavy atom. The largest absolute Gasteiger partial charge is 0.464 e. The fourth-order valence-electron chi connectivity index (χ4n) is 3.08. The molecule has 2 rings (SSSR count). The molecule has 0 saturated carbocycles.